The van der Waals surface area contributed by atoms with Crippen LogP contribution in [0, 0.1) is 5.92 Å². The molecular formula is C15H19BrO2. The van der Waals surface area contributed by atoms with Gasteiger partial charge in [0.15, 0.2) is 6.29 Å². The Hall–Kier alpha value is -0.830. The molecule has 0 aliphatic heterocycles. The van der Waals surface area contributed by atoms with Crippen molar-refractivity contribution in [3.63, 3.8) is 0 Å². The van der Waals surface area contributed by atoms with Gasteiger partial charge in [-0.05, 0) is 30.5 Å². The number of hydrogen-bond donors (Lipinski definition) is 0. The lowest BCUT2D eigenvalue weighted by Gasteiger charge is -2.21. The molecule has 0 aromatic heterocycles. The van der Waals surface area contributed by atoms with Crippen LogP contribution in [0.2, 0.25) is 0 Å². The van der Waals surface area contributed by atoms with Gasteiger partial charge in [-0.3, -0.25) is 4.79 Å². The van der Waals surface area contributed by atoms with Crippen LogP contribution in [0.15, 0.2) is 22.7 Å². The average Bonchev–Trinajstić information content (AvgIpc) is 2.41. The third kappa shape index (κ3) is 3.84. The lowest BCUT2D eigenvalue weighted by molar-refractivity contribution is 0.111. The van der Waals surface area contributed by atoms with Crippen molar-refractivity contribution in [2.75, 3.05) is 6.61 Å². The summed E-state index contributed by atoms with van der Waals surface area (Å²) < 4.78 is 6.64. The van der Waals surface area contributed by atoms with E-state index in [1.807, 2.05) is 12.1 Å². The summed E-state index contributed by atoms with van der Waals surface area (Å²) in [4.78, 5) is 10.9. The molecule has 2 rings (SSSR count). The number of benzene rings is 1. The summed E-state index contributed by atoms with van der Waals surface area (Å²) in [5.74, 6) is 1.51. The second-order valence-electron chi connectivity index (χ2n) is 4.94. The van der Waals surface area contributed by atoms with Gasteiger partial charge in [0.25, 0.3) is 0 Å². The lowest BCUT2D eigenvalue weighted by Crippen LogP contribution is -2.11. The van der Waals surface area contributed by atoms with Gasteiger partial charge < -0.3 is 4.74 Å². The third-order valence-electron chi connectivity index (χ3n) is 3.61. The van der Waals surface area contributed by atoms with E-state index in [1.165, 1.54) is 32.1 Å². The standard InChI is InChI=1S/C15H19BrO2/c16-14-6-7-15(13(10-14)11-17)18-9-8-12-4-2-1-3-5-12/h6-7,10-12H,1-5,8-9H2. The van der Waals surface area contributed by atoms with Gasteiger partial charge in [-0.25, -0.2) is 0 Å². The number of halogens is 1. The second kappa shape index (κ2) is 6.93. The normalized spacial score (nSPS) is 16.5. The van der Waals surface area contributed by atoms with Crippen LogP contribution in [0.3, 0.4) is 0 Å². The van der Waals surface area contributed by atoms with E-state index in [1.54, 1.807) is 6.07 Å². The van der Waals surface area contributed by atoms with Gasteiger partial charge in [-0.1, -0.05) is 48.0 Å². The van der Waals surface area contributed by atoms with Crippen molar-refractivity contribution in [1.29, 1.82) is 0 Å². The van der Waals surface area contributed by atoms with Gasteiger partial charge >= 0.3 is 0 Å². The molecule has 1 saturated carbocycles. The Morgan fingerprint density at radius 1 is 1.28 bits per heavy atom. The van der Waals surface area contributed by atoms with E-state index in [2.05, 4.69) is 15.9 Å². The maximum atomic E-state index is 10.9. The Labute approximate surface area is 117 Å². The maximum Gasteiger partial charge on any atom is 0.153 e. The first-order valence-electron chi connectivity index (χ1n) is 6.67. The highest BCUT2D eigenvalue weighted by Crippen LogP contribution is 2.27. The summed E-state index contributed by atoms with van der Waals surface area (Å²) in [7, 11) is 0. The SMILES string of the molecule is O=Cc1cc(Br)ccc1OCCC1CCCCC1. The molecule has 0 amide bonds. The predicted octanol–water partition coefficient (Wildman–Crippen LogP) is 4.61. The number of ether oxygens (including phenoxy) is 1. The Morgan fingerprint density at radius 2 is 2.06 bits per heavy atom. The minimum atomic E-state index is 0.619. The predicted molar refractivity (Wildman–Crippen MR) is 76.2 cm³/mol. The molecule has 1 fully saturated rings. The molecule has 1 aromatic rings. The van der Waals surface area contributed by atoms with Crippen LogP contribution in [-0.2, 0) is 0 Å². The molecule has 2 nitrogen and oxygen atoms in total. The molecule has 18 heavy (non-hydrogen) atoms. The Morgan fingerprint density at radius 3 is 2.78 bits per heavy atom. The molecule has 1 aliphatic rings. The number of aldehydes is 1. The van der Waals surface area contributed by atoms with Crippen molar-refractivity contribution in [1.82, 2.24) is 0 Å². The van der Waals surface area contributed by atoms with Gasteiger partial charge in [0.05, 0.1) is 12.2 Å². The van der Waals surface area contributed by atoms with Gasteiger partial charge in [0, 0.05) is 4.47 Å². The highest BCUT2D eigenvalue weighted by Gasteiger charge is 2.13. The zero-order valence-corrected chi connectivity index (χ0v) is 12.1. The fourth-order valence-corrected chi connectivity index (χ4v) is 2.93. The average molecular weight is 311 g/mol. The largest absolute Gasteiger partial charge is 0.493 e. The van der Waals surface area contributed by atoms with Gasteiger partial charge in [-0.2, -0.15) is 0 Å². The van der Waals surface area contributed by atoms with Crippen LogP contribution in [0.4, 0.5) is 0 Å². The monoisotopic (exact) mass is 310 g/mol. The maximum absolute atomic E-state index is 10.9. The summed E-state index contributed by atoms with van der Waals surface area (Å²) in [6, 6.07) is 5.56. The van der Waals surface area contributed by atoms with Crippen LogP contribution < -0.4 is 4.74 Å². The van der Waals surface area contributed by atoms with E-state index in [0.717, 1.165) is 23.1 Å². The molecule has 0 radical (unpaired) electrons. The Kier molecular flexibility index (Phi) is 5.24. The van der Waals surface area contributed by atoms with E-state index in [9.17, 15) is 4.79 Å². The van der Waals surface area contributed by atoms with E-state index in [0.29, 0.717) is 17.9 Å². The van der Waals surface area contributed by atoms with Crippen LogP contribution in [0.1, 0.15) is 48.9 Å². The highest BCUT2D eigenvalue weighted by atomic mass is 79.9. The molecular weight excluding hydrogens is 292 g/mol. The zero-order chi connectivity index (χ0) is 12.8. The Balaban J connectivity index is 1.84. The summed E-state index contributed by atoms with van der Waals surface area (Å²) in [5.41, 5.74) is 0.619. The molecule has 0 atom stereocenters. The van der Waals surface area contributed by atoms with Gasteiger partial charge in [0.2, 0.25) is 0 Å². The first-order chi connectivity index (χ1) is 8.79. The van der Waals surface area contributed by atoms with Gasteiger partial charge in [0.1, 0.15) is 5.75 Å². The molecule has 0 N–H and O–H groups in total. The smallest absolute Gasteiger partial charge is 0.153 e. The van der Waals surface area contributed by atoms with Crippen LogP contribution in [0.25, 0.3) is 0 Å². The van der Waals surface area contributed by atoms with Crippen LogP contribution in [0.5, 0.6) is 5.75 Å². The lowest BCUT2D eigenvalue weighted by atomic mass is 9.87. The van der Waals surface area contributed by atoms with Crippen LogP contribution >= 0.6 is 15.9 Å². The molecule has 98 valence electrons. The first-order valence-corrected chi connectivity index (χ1v) is 7.46. The fraction of sp³-hybridized carbons (Fsp3) is 0.533. The van der Waals surface area contributed by atoms with Crippen molar-refractivity contribution in [3.05, 3.63) is 28.2 Å². The van der Waals surface area contributed by atoms with Crippen molar-refractivity contribution in [2.24, 2.45) is 5.92 Å². The zero-order valence-electron chi connectivity index (χ0n) is 10.5. The van der Waals surface area contributed by atoms with E-state index in [4.69, 9.17) is 4.74 Å². The van der Waals surface area contributed by atoms with E-state index >= 15 is 0 Å². The molecule has 0 heterocycles. The third-order valence-corrected chi connectivity index (χ3v) is 4.10. The minimum Gasteiger partial charge on any atom is -0.493 e. The summed E-state index contributed by atoms with van der Waals surface area (Å²) in [6.07, 6.45) is 8.74. The molecule has 0 saturated heterocycles. The molecule has 3 heteroatoms. The Bertz CT molecular complexity index is 397. The van der Waals surface area contributed by atoms with Crippen molar-refractivity contribution in [3.8, 4) is 5.75 Å². The number of carbonyl (C=O) groups is 1. The number of hydrogen-bond acceptors (Lipinski definition) is 2. The summed E-state index contributed by atoms with van der Waals surface area (Å²) in [6.45, 7) is 0.715. The number of rotatable bonds is 5. The van der Waals surface area contributed by atoms with Gasteiger partial charge in [-0.15, -0.1) is 0 Å². The highest BCUT2D eigenvalue weighted by molar-refractivity contribution is 9.10. The molecule has 1 aliphatic carbocycles. The molecule has 0 unspecified atom stereocenters. The quantitative estimate of drug-likeness (QED) is 0.742. The van der Waals surface area contributed by atoms with Crippen molar-refractivity contribution in [2.45, 2.75) is 38.5 Å². The van der Waals surface area contributed by atoms with Crippen LogP contribution in [-0.4, -0.2) is 12.9 Å². The van der Waals surface area contributed by atoms with Crippen molar-refractivity contribution >= 4 is 22.2 Å². The van der Waals surface area contributed by atoms with E-state index < -0.39 is 0 Å². The second-order valence-corrected chi connectivity index (χ2v) is 5.86. The summed E-state index contributed by atoms with van der Waals surface area (Å²) in [5, 5.41) is 0. The minimum absolute atomic E-state index is 0.619. The number of carbonyl (C=O) groups excluding carboxylic acids is 1. The molecule has 1 aromatic carbocycles. The first kappa shape index (κ1) is 13.6. The fourth-order valence-electron chi connectivity index (χ4n) is 2.55. The van der Waals surface area contributed by atoms with Crippen molar-refractivity contribution < 1.29 is 9.53 Å². The molecule has 0 spiro atoms. The van der Waals surface area contributed by atoms with E-state index in [-0.39, 0.29) is 0 Å². The summed E-state index contributed by atoms with van der Waals surface area (Å²) >= 11 is 3.35. The topological polar surface area (TPSA) is 26.3 Å². The molecule has 0 bridgehead atoms.